The van der Waals surface area contributed by atoms with Crippen molar-refractivity contribution >= 4 is 22.6 Å². The number of hydrogen-bond donors (Lipinski definition) is 0. The summed E-state index contributed by atoms with van der Waals surface area (Å²) < 4.78 is 4.33. The Labute approximate surface area is 123 Å². The molecule has 20 heavy (non-hydrogen) atoms. The van der Waals surface area contributed by atoms with Gasteiger partial charge in [0, 0.05) is 37.8 Å². The molecule has 5 heteroatoms. The van der Waals surface area contributed by atoms with Crippen LogP contribution in [0.1, 0.15) is 11.4 Å². The van der Waals surface area contributed by atoms with Crippen LogP contribution in [0, 0.1) is 6.92 Å². The maximum Gasteiger partial charge on any atom is 0.111 e. The number of aromatic nitrogens is 4. The fourth-order valence-electron chi connectivity index (χ4n) is 2.45. The van der Waals surface area contributed by atoms with Crippen LogP contribution in [0.4, 0.5) is 0 Å². The van der Waals surface area contributed by atoms with Gasteiger partial charge in [0.25, 0.3) is 0 Å². The van der Waals surface area contributed by atoms with E-state index in [9.17, 15) is 0 Å². The van der Waals surface area contributed by atoms with Crippen molar-refractivity contribution in [3.8, 4) is 0 Å². The molecule has 0 aliphatic carbocycles. The first-order valence-electron chi connectivity index (χ1n) is 6.75. The van der Waals surface area contributed by atoms with Gasteiger partial charge in [0.05, 0.1) is 17.4 Å². The molecule has 4 nitrogen and oxygen atoms in total. The van der Waals surface area contributed by atoms with Crippen molar-refractivity contribution in [1.82, 2.24) is 19.1 Å². The zero-order valence-corrected chi connectivity index (χ0v) is 12.2. The highest BCUT2D eigenvalue weighted by Crippen LogP contribution is 2.18. The lowest BCUT2D eigenvalue weighted by atomic mass is 10.2. The molecule has 0 unspecified atom stereocenters. The molecule has 1 aromatic carbocycles. The lowest BCUT2D eigenvalue weighted by molar-refractivity contribution is 0.572. The summed E-state index contributed by atoms with van der Waals surface area (Å²) in [6.07, 6.45) is 6.41. The van der Waals surface area contributed by atoms with E-state index in [-0.39, 0.29) is 0 Å². The topological polar surface area (TPSA) is 35.6 Å². The van der Waals surface area contributed by atoms with Crippen LogP contribution in [0.2, 0.25) is 0 Å². The average molecular weight is 289 g/mol. The zero-order valence-electron chi connectivity index (χ0n) is 11.5. The second kappa shape index (κ2) is 5.67. The van der Waals surface area contributed by atoms with E-state index in [1.54, 1.807) is 6.20 Å². The van der Waals surface area contributed by atoms with E-state index in [2.05, 4.69) is 39.2 Å². The quantitative estimate of drug-likeness (QED) is 0.677. The van der Waals surface area contributed by atoms with Gasteiger partial charge in [-0.05, 0) is 24.6 Å². The molecule has 3 rings (SSSR count). The molecule has 0 saturated heterocycles. The van der Waals surface area contributed by atoms with Gasteiger partial charge in [-0.1, -0.05) is 6.07 Å². The molecule has 0 fully saturated rings. The number of fused-ring (bicyclic) bond motifs is 1. The molecule has 104 valence electrons. The molecule has 0 aliphatic rings. The lowest BCUT2D eigenvalue weighted by Crippen LogP contribution is -2.09. The van der Waals surface area contributed by atoms with Gasteiger partial charge in [-0.25, -0.2) is 9.97 Å². The first kappa shape index (κ1) is 13.2. The monoisotopic (exact) mass is 288 g/mol. The average Bonchev–Trinajstić information content (AvgIpc) is 3.04. The molecule has 0 atom stereocenters. The maximum absolute atomic E-state index is 5.90. The first-order chi connectivity index (χ1) is 9.78. The third-order valence-electron chi connectivity index (χ3n) is 3.44. The minimum absolute atomic E-state index is 0.591. The first-order valence-corrected chi connectivity index (χ1v) is 7.29. The molecule has 0 N–H and O–H groups in total. The number of nitrogens with zero attached hydrogens (tertiary/aromatic N) is 4. The molecule has 0 amide bonds. The highest BCUT2D eigenvalue weighted by atomic mass is 35.5. The normalized spacial score (nSPS) is 11.3. The molecular weight excluding hydrogens is 272 g/mol. The van der Waals surface area contributed by atoms with Gasteiger partial charge in [-0.3, -0.25) is 0 Å². The van der Waals surface area contributed by atoms with Crippen LogP contribution in [-0.2, 0) is 19.5 Å². The Balaban J connectivity index is 1.95. The summed E-state index contributed by atoms with van der Waals surface area (Å²) in [5, 5.41) is 0. The van der Waals surface area contributed by atoms with Crippen LogP contribution in [-0.4, -0.2) is 25.0 Å². The molecule has 0 spiro atoms. The minimum Gasteiger partial charge on any atom is -0.336 e. The SMILES string of the molecule is Cc1ccc2c(c1)nc(CCCl)n2CCn1ccnc1. The number of halogens is 1. The van der Waals surface area contributed by atoms with Crippen molar-refractivity contribution in [2.75, 3.05) is 5.88 Å². The van der Waals surface area contributed by atoms with Crippen LogP contribution in [0.25, 0.3) is 11.0 Å². The summed E-state index contributed by atoms with van der Waals surface area (Å²) in [4.78, 5) is 8.79. The number of benzene rings is 1. The van der Waals surface area contributed by atoms with Crippen LogP contribution >= 0.6 is 11.6 Å². The molecule has 2 heterocycles. The van der Waals surface area contributed by atoms with E-state index in [1.165, 1.54) is 11.1 Å². The molecule has 0 saturated carbocycles. The highest BCUT2D eigenvalue weighted by Gasteiger charge is 2.10. The zero-order chi connectivity index (χ0) is 13.9. The highest BCUT2D eigenvalue weighted by molar-refractivity contribution is 6.17. The Hall–Kier alpha value is -1.81. The largest absolute Gasteiger partial charge is 0.336 e. The summed E-state index contributed by atoms with van der Waals surface area (Å²) in [7, 11) is 0. The molecule has 2 aromatic heterocycles. The predicted molar refractivity (Wildman–Crippen MR) is 81.1 cm³/mol. The summed E-state index contributed by atoms with van der Waals surface area (Å²) in [5.74, 6) is 1.65. The Kier molecular flexibility index (Phi) is 3.74. The molecule has 0 radical (unpaired) electrons. The molecular formula is C15H17ClN4. The van der Waals surface area contributed by atoms with Gasteiger partial charge in [-0.15, -0.1) is 11.6 Å². The second-order valence-electron chi connectivity index (χ2n) is 4.91. The van der Waals surface area contributed by atoms with E-state index < -0.39 is 0 Å². The van der Waals surface area contributed by atoms with Crippen molar-refractivity contribution in [3.05, 3.63) is 48.3 Å². The molecule has 0 aliphatic heterocycles. The number of rotatable bonds is 5. The van der Waals surface area contributed by atoms with E-state index in [0.717, 1.165) is 30.9 Å². The van der Waals surface area contributed by atoms with Gasteiger partial charge in [0.1, 0.15) is 5.82 Å². The van der Waals surface area contributed by atoms with Gasteiger partial charge in [-0.2, -0.15) is 0 Å². The standard InChI is InChI=1S/C15H17ClN4/c1-12-2-3-14-13(10-12)18-15(4-5-16)20(14)9-8-19-7-6-17-11-19/h2-3,6-7,10-11H,4-5,8-9H2,1H3. The van der Waals surface area contributed by atoms with Gasteiger partial charge >= 0.3 is 0 Å². The summed E-state index contributed by atoms with van der Waals surface area (Å²) in [6, 6.07) is 6.40. The maximum atomic E-state index is 5.90. The molecule has 0 bridgehead atoms. The minimum atomic E-state index is 0.591. The van der Waals surface area contributed by atoms with Gasteiger partial charge in [0.2, 0.25) is 0 Å². The van der Waals surface area contributed by atoms with E-state index in [1.807, 2.05) is 12.5 Å². The van der Waals surface area contributed by atoms with Crippen molar-refractivity contribution in [2.45, 2.75) is 26.4 Å². The Morgan fingerprint density at radius 3 is 2.90 bits per heavy atom. The van der Waals surface area contributed by atoms with Crippen molar-refractivity contribution in [2.24, 2.45) is 0 Å². The lowest BCUT2D eigenvalue weighted by Gasteiger charge is -2.09. The van der Waals surface area contributed by atoms with E-state index >= 15 is 0 Å². The smallest absolute Gasteiger partial charge is 0.111 e. The Bertz CT molecular complexity index is 700. The summed E-state index contributed by atoms with van der Waals surface area (Å²) >= 11 is 5.90. The number of hydrogen-bond acceptors (Lipinski definition) is 2. The Morgan fingerprint density at radius 2 is 2.15 bits per heavy atom. The Morgan fingerprint density at radius 1 is 1.25 bits per heavy atom. The summed E-state index contributed by atoms with van der Waals surface area (Å²) in [6.45, 7) is 3.85. The van der Waals surface area contributed by atoms with Crippen LogP contribution in [0.3, 0.4) is 0 Å². The summed E-state index contributed by atoms with van der Waals surface area (Å²) in [5.41, 5.74) is 3.46. The van der Waals surface area contributed by atoms with Crippen LogP contribution < -0.4 is 0 Å². The number of imidazole rings is 2. The van der Waals surface area contributed by atoms with Gasteiger partial charge in [0.15, 0.2) is 0 Å². The van der Waals surface area contributed by atoms with Crippen LogP contribution in [0.5, 0.6) is 0 Å². The third-order valence-corrected chi connectivity index (χ3v) is 3.63. The molecule has 3 aromatic rings. The fraction of sp³-hybridized carbons (Fsp3) is 0.333. The number of aryl methyl sites for hydroxylation is 4. The van der Waals surface area contributed by atoms with Crippen molar-refractivity contribution in [1.29, 1.82) is 0 Å². The predicted octanol–water partition coefficient (Wildman–Crippen LogP) is 3.02. The third kappa shape index (κ3) is 2.56. The second-order valence-corrected chi connectivity index (χ2v) is 5.29. The van der Waals surface area contributed by atoms with E-state index in [4.69, 9.17) is 16.6 Å². The number of alkyl halides is 1. The fourth-order valence-corrected chi connectivity index (χ4v) is 2.62. The van der Waals surface area contributed by atoms with E-state index in [0.29, 0.717) is 5.88 Å². The van der Waals surface area contributed by atoms with Crippen LogP contribution in [0.15, 0.2) is 36.9 Å². The van der Waals surface area contributed by atoms with Gasteiger partial charge < -0.3 is 9.13 Å². The van der Waals surface area contributed by atoms with Crippen molar-refractivity contribution in [3.63, 3.8) is 0 Å². The van der Waals surface area contributed by atoms with Crippen molar-refractivity contribution < 1.29 is 0 Å².